The summed E-state index contributed by atoms with van der Waals surface area (Å²) in [6.45, 7) is 0. The second kappa shape index (κ2) is 10.8. The second-order valence-corrected chi connectivity index (χ2v) is 11.7. The molecule has 0 amide bonds. The van der Waals surface area contributed by atoms with Crippen LogP contribution in [0.25, 0.3) is 30.9 Å². The second-order valence-electron chi connectivity index (χ2n) is 10.6. The quantitative estimate of drug-likeness (QED) is 0.197. The summed E-state index contributed by atoms with van der Waals surface area (Å²) in [5, 5.41) is 5.12. The molecule has 3 heteroatoms. The Morgan fingerprint density at radius 2 is 0.837 bits per heavy atom. The van der Waals surface area contributed by atoms with Gasteiger partial charge in [-0.25, -0.2) is 0 Å². The summed E-state index contributed by atoms with van der Waals surface area (Å²) in [4.78, 5) is 4.77. The number of hydrogen-bond donors (Lipinski definition) is 0. The van der Waals surface area contributed by atoms with Crippen molar-refractivity contribution in [2.24, 2.45) is 0 Å². The smallest absolute Gasteiger partial charge is 0.0575 e. The predicted octanol–water partition coefficient (Wildman–Crippen LogP) is 12.1. The van der Waals surface area contributed by atoms with Gasteiger partial charge >= 0.3 is 0 Å². The molecule has 1 aromatic heterocycles. The predicted molar refractivity (Wildman–Crippen MR) is 186 cm³/mol. The van der Waals surface area contributed by atoms with Gasteiger partial charge in [-0.05, 0) is 77.5 Å². The van der Waals surface area contributed by atoms with Gasteiger partial charge in [0.1, 0.15) is 0 Å². The van der Waals surface area contributed by atoms with Crippen molar-refractivity contribution in [1.82, 2.24) is 0 Å². The van der Waals surface area contributed by atoms with E-state index in [4.69, 9.17) is 0 Å². The number of para-hydroxylation sites is 4. The molecule has 7 aromatic carbocycles. The van der Waals surface area contributed by atoms with Crippen molar-refractivity contribution in [2.45, 2.75) is 0 Å². The van der Waals surface area contributed by atoms with Crippen molar-refractivity contribution in [3.8, 4) is 0 Å². The molecule has 0 bridgehead atoms. The Morgan fingerprint density at radius 1 is 0.349 bits per heavy atom. The fraction of sp³-hybridized carbons (Fsp3) is 0. The van der Waals surface area contributed by atoms with Gasteiger partial charge in [0.25, 0.3) is 0 Å². The maximum absolute atomic E-state index is 2.41. The van der Waals surface area contributed by atoms with E-state index in [0.717, 1.165) is 34.1 Å². The third-order valence-corrected chi connectivity index (χ3v) is 9.09. The van der Waals surface area contributed by atoms with Crippen LogP contribution in [-0.4, -0.2) is 0 Å². The van der Waals surface area contributed by atoms with Gasteiger partial charge in [0.2, 0.25) is 0 Å². The Hall–Kier alpha value is -5.38. The van der Waals surface area contributed by atoms with E-state index in [9.17, 15) is 0 Å². The van der Waals surface area contributed by atoms with Gasteiger partial charge in [0, 0.05) is 48.6 Å². The van der Waals surface area contributed by atoms with Gasteiger partial charge in [-0.2, -0.15) is 0 Å². The van der Waals surface area contributed by atoms with Crippen molar-refractivity contribution < 1.29 is 0 Å². The number of hydrogen-bond acceptors (Lipinski definition) is 3. The third-order valence-electron chi connectivity index (χ3n) is 7.98. The highest BCUT2D eigenvalue weighted by Gasteiger charge is 2.23. The van der Waals surface area contributed by atoms with Crippen LogP contribution in [0.4, 0.5) is 34.1 Å². The summed E-state index contributed by atoms with van der Waals surface area (Å²) in [5.41, 5.74) is 6.76. The molecule has 1 heterocycles. The fourth-order valence-corrected chi connectivity index (χ4v) is 7.29. The first-order valence-electron chi connectivity index (χ1n) is 14.5. The number of nitrogens with zero attached hydrogens (tertiary/aromatic N) is 2. The average molecular weight is 569 g/mol. The average Bonchev–Trinajstić information content (AvgIpc) is 3.46. The van der Waals surface area contributed by atoms with Crippen LogP contribution < -0.4 is 9.80 Å². The van der Waals surface area contributed by atoms with E-state index in [-0.39, 0.29) is 0 Å². The number of anilines is 6. The van der Waals surface area contributed by atoms with Crippen LogP contribution >= 0.6 is 11.3 Å². The highest BCUT2D eigenvalue weighted by atomic mass is 32.1. The van der Waals surface area contributed by atoms with Crippen molar-refractivity contribution in [1.29, 1.82) is 0 Å². The molecule has 0 unspecified atom stereocenters. The molecule has 43 heavy (non-hydrogen) atoms. The molecule has 2 nitrogen and oxygen atoms in total. The van der Waals surface area contributed by atoms with Crippen LogP contribution in [0.3, 0.4) is 0 Å². The first-order valence-corrected chi connectivity index (χ1v) is 15.4. The molecule has 0 aliphatic carbocycles. The van der Waals surface area contributed by atoms with E-state index in [1.165, 1.54) is 30.9 Å². The monoisotopic (exact) mass is 568 g/mol. The summed E-state index contributed by atoms with van der Waals surface area (Å²) in [5.74, 6) is 0. The van der Waals surface area contributed by atoms with Gasteiger partial charge in [-0.15, -0.1) is 11.3 Å². The van der Waals surface area contributed by atoms with Crippen molar-refractivity contribution in [2.75, 3.05) is 9.80 Å². The van der Waals surface area contributed by atoms with E-state index in [1.54, 1.807) is 0 Å². The van der Waals surface area contributed by atoms with Gasteiger partial charge in [0.05, 0.1) is 5.69 Å². The van der Waals surface area contributed by atoms with E-state index >= 15 is 0 Å². The number of fused-ring (bicyclic) bond motifs is 5. The summed E-state index contributed by atoms with van der Waals surface area (Å²) in [6.07, 6.45) is 0. The van der Waals surface area contributed by atoms with Crippen LogP contribution in [0.2, 0.25) is 0 Å². The minimum Gasteiger partial charge on any atom is -0.310 e. The van der Waals surface area contributed by atoms with Crippen molar-refractivity contribution in [3.63, 3.8) is 0 Å². The molecule has 0 N–H and O–H groups in total. The zero-order valence-electron chi connectivity index (χ0n) is 23.5. The summed E-state index contributed by atoms with van der Waals surface area (Å²) < 4.78 is 2.55. The standard InChI is InChI=1S/C40H28N2S/c1-5-16-30(17-6-1)41(31-18-7-2-8-19-31)34-27-36(42(32-20-9-3-10-21-32)33-22-11-4-12-23-33)40-38(28-34)43-37-26-25-29-15-13-14-24-35(29)39(37)40/h1-28H. The van der Waals surface area contributed by atoms with E-state index in [1.807, 2.05) is 11.3 Å². The maximum atomic E-state index is 2.41. The molecular formula is C40H28N2S. The molecule has 0 fully saturated rings. The molecular weight excluding hydrogens is 541 g/mol. The van der Waals surface area contributed by atoms with Gasteiger partial charge in [-0.1, -0.05) is 103 Å². The first kappa shape index (κ1) is 25.3. The third kappa shape index (κ3) is 4.51. The number of benzene rings is 7. The lowest BCUT2D eigenvalue weighted by atomic mass is 10.0. The molecule has 0 spiro atoms. The van der Waals surface area contributed by atoms with Crippen molar-refractivity contribution >= 4 is 76.4 Å². The highest BCUT2D eigenvalue weighted by Crippen LogP contribution is 2.50. The lowest BCUT2D eigenvalue weighted by Crippen LogP contribution is -2.13. The maximum Gasteiger partial charge on any atom is 0.0575 e. The number of rotatable bonds is 6. The minimum absolute atomic E-state index is 1.12. The lowest BCUT2D eigenvalue weighted by Gasteiger charge is -2.30. The van der Waals surface area contributed by atoms with Crippen LogP contribution in [0.1, 0.15) is 0 Å². The van der Waals surface area contributed by atoms with Gasteiger partial charge in [-0.3, -0.25) is 0 Å². The molecule has 0 saturated heterocycles. The van der Waals surface area contributed by atoms with Crippen LogP contribution in [0, 0.1) is 0 Å². The Bertz CT molecular complexity index is 2090. The van der Waals surface area contributed by atoms with Crippen molar-refractivity contribution in [3.05, 3.63) is 170 Å². The van der Waals surface area contributed by atoms with Crippen LogP contribution in [0.15, 0.2) is 170 Å². The van der Waals surface area contributed by atoms with E-state index in [2.05, 4.69) is 180 Å². The molecule has 0 atom stereocenters. The van der Waals surface area contributed by atoms with E-state index < -0.39 is 0 Å². The Morgan fingerprint density at radius 3 is 1.40 bits per heavy atom. The Kier molecular flexibility index (Phi) is 6.36. The molecule has 0 radical (unpaired) electrons. The molecule has 0 aliphatic rings. The lowest BCUT2D eigenvalue weighted by molar-refractivity contribution is 1.26. The summed E-state index contributed by atoms with van der Waals surface area (Å²) in [7, 11) is 0. The summed E-state index contributed by atoms with van der Waals surface area (Å²) in [6, 6.07) is 60.8. The fourth-order valence-electron chi connectivity index (χ4n) is 6.12. The minimum atomic E-state index is 1.12. The summed E-state index contributed by atoms with van der Waals surface area (Å²) >= 11 is 1.87. The molecule has 0 aliphatic heterocycles. The van der Waals surface area contributed by atoms with Gasteiger partial charge < -0.3 is 9.80 Å². The zero-order valence-corrected chi connectivity index (χ0v) is 24.3. The molecule has 204 valence electrons. The topological polar surface area (TPSA) is 6.48 Å². The Labute approximate surface area is 255 Å². The highest BCUT2D eigenvalue weighted by molar-refractivity contribution is 7.26. The van der Waals surface area contributed by atoms with E-state index in [0.29, 0.717) is 0 Å². The molecule has 8 aromatic rings. The Balaban J connectivity index is 1.51. The van der Waals surface area contributed by atoms with Crippen LogP contribution in [0.5, 0.6) is 0 Å². The molecule has 8 rings (SSSR count). The SMILES string of the molecule is c1ccc(N(c2ccccc2)c2cc(N(c3ccccc3)c3ccccc3)c3c(c2)sc2ccc4ccccc4c23)cc1. The van der Waals surface area contributed by atoms with Crippen LogP contribution in [-0.2, 0) is 0 Å². The zero-order chi connectivity index (χ0) is 28.6. The molecule has 0 saturated carbocycles. The number of thiophene rings is 1. The van der Waals surface area contributed by atoms with Gasteiger partial charge in [0.15, 0.2) is 0 Å². The first-order chi connectivity index (χ1) is 21.3. The normalized spacial score (nSPS) is 11.3. The largest absolute Gasteiger partial charge is 0.310 e.